The van der Waals surface area contributed by atoms with Crippen LogP contribution in [0.3, 0.4) is 0 Å². The molecule has 0 aromatic rings. The van der Waals surface area contributed by atoms with Crippen LogP contribution in [0.25, 0.3) is 0 Å². The predicted octanol–water partition coefficient (Wildman–Crippen LogP) is 7.80. The molecule has 4 heteroatoms. The van der Waals surface area contributed by atoms with Crippen LogP contribution in [-0.2, 0) is 14.3 Å². The lowest BCUT2D eigenvalue weighted by Crippen LogP contribution is -2.15. The number of hydrogen-bond acceptors (Lipinski definition) is 4. The number of allylic oxidation sites excluding steroid dienone is 12. The number of esters is 1. The van der Waals surface area contributed by atoms with Crippen LogP contribution in [0.5, 0.6) is 0 Å². The van der Waals surface area contributed by atoms with Crippen LogP contribution >= 0.6 is 0 Å². The Kier molecular flexibility index (Phi) is 20.2. The number of rotatable bonds is 16. The molecule has 0 aromatic carbocycles. The van der Waals surface area contributed by atoms with Crippen molar-refractivity contribution in [3.05, 3.63) is 72.9 Å². The van der Waals surface area contributed by atoms with Gasteiger partial charge in [0, 0.05) is 6.42 Å². The fourth-order valence-corrected chi connectivity index (χ4v) is 2.25. The van der Waals surface area contributed by atoms with E-state index in [1.54, 1.807) is 0 Å². The maximum absolute atomic E-state index is 11.5. The molecule has 31 heavy (non-hydrogen) atoms. The Labute approximate surface area is 189 Å². The standard InChI is InChI=1S/C27H40O4/c1-4-5-6-7-8-9-10-11-12-13-14-15-16-17-18-19-20-21-22-23-26(28)31-27(29)30-24-25(2)3/h5-6,8-9,11-12,14-15,17-18,20-21,25H,4,7,10,13,16,19,22-24H2,1-3H3/b6-5-,9-8-,12-11-,15-14-,18-17-,21-20-. The maximum atomic E-state index is 11.5. The van der Waals surface area contributed by atoms with E-state index in [0.29, 0.717) is 6.42 Å². The van der Waals surface area contributed by atoms with Crippen LogP contribution in [-0.4, -0.2) is 18.7 Å². The molecule has 0 rings (SSSR count). The Morgan fingerprint density at radius 2 is 1.10 bits per heavy atom. The monoisotopic (exact) mass is 428 g/mol. The van der Waals surface area contributed by atoms with Gasteiger partial charge in [0.15, 0.2) is 0 Å². The summed E-state index contributed by atoms with van der Waals surface area (Å²) in [5, 5.41) is 0. The number of carbonyl (C=O) groups is 2. The van der Waals surface area contributed by atoms with Gasteiger partial charge in [-0.25, -0.2) is 4.79 Å². The summed E-state index contributed by atoms with van der Waals surface area (Å²) in [6.07, 6.45) is 31.2. The quantitative estimate of drug-likeness (QED) is 0.143. The van der Waals surface area contributed by atoms with Crippen molar-refractivity contribution < 1.29 is 19.1 Å². The summed E-state index contributed by atoms with van der Waals surface area (Å²) in [5.74, 6) is -0.352. The van der Waals surface area contributed by atoms with Crippen LogP contribution in [0.15, 0.2) is 72.9 Å². The second kappa shape index (κ2) is 22.1. The van der Waals surface area contributed by atoms with Crippen molar-refractivity contribution in [2.75, 3.05) is 6.61 Å². The van der Waals surface area contributed by atoms with Crippen LogP contribution in [0.2, 0.25) is 0 Å². The number of ether oxygens (including phenoxy) is 2. The van der Waals surface area contributed by atoms with Gasteiger partial charge in [-0.15, -0.1) is 0 Å². The largest absolute Gasteiger partial charge is 0.516 e. The van der Waals surface area contributed by atoms with Crippen LogP contribution in [0, 0.1) is 5.92 Å². The van der Waals surface area contributed by atoms with Gasteiger partial charge in [-0.05, 0) is 50.9 Å². The normalized spacial score (nSPS) is 12.6. The highest BCUT2D eigenvalue weighted by Crippen LogP contribution is 2.01. The molecule has 0 heterocycles. The molecule has 0 atom stereocenters. The van der Waals surface area contributed by atoms with Crippen molar-refractivity contribution in [1.82, 2.24) is 0 Å². The Bertz CT molecular complexity index is 634. The molecular weight excluding hydrogens is 388 g/mol. The zero-order chi connectivity index (χ0) is 23.0. The topological polar surface area (TPSA) is 52.6 Å². The van der Waals surface area contributed by atoms with Crippen molar-refractivity contribution in [3.8, 4) is 0 Å². The summed E-state index contributed by atoms with van der Waals surface area (Å²) in [4.78, 5) is 22.7. The first-order chi connectivity index (χ1) is 15.1. The lowest BCUT2D eigenvalue weighted by Gasteiger charge is -2.06. The van der Waals surface area contributed by atoms with E-state index in [1.807, 2.05) is 26.0 Å². The minimum absolute atomic E-state index is 0.166. The number of carbonyl (C=O) groups excluding carboxylic acids is 2. The third-order valence-corrected chi connectivity index (χ3v) is 3.84. The van der Waals surface area contributed by atoms with Gasteiger partial charge in [0.25, 0.3) is 0 Å². The van der Waals surface area contributed by atoms with E-state index in [-0.39, 0.29) is 18.9 Å². The fourth-order valence-electron chi connectivity index (χ4n) is 2.25. The highest BCUT2D eigenvalue weighted by atomic mass is 16.7. The SMILES string of the molecule is CC/C=C\C/C=C\C/C=C\C/C=C\C/C=C\C/C=C\CCC(=O)OC(=O)OCC(C)C. The zero-order valence-corrected chi connectivity index (χ0v) is 19.5. The molecule has 0 saturated carbocycles. The Balaban J connectivity index is 3.65. The van der Waals surface area contributed by atoms with Gasteiger partial charge >= 0.3 is 12.1 Å². The average molecular weight is 429 g/mol. The Morgan fingerprint density at radius 1 is 0.677 bits per heavy atom. The lowest BCUT2D eigenvalue weighted by atomic mass is 10.2. The molecule has 0 aliphatic heterocycles. The average Bonchev–Trinajstić information content (AvgIpc) is 2.74. The Morgan fingerprint density at radius 3 is 1.52 bits per heavy atom. The third kappa shape index (κ3) is 23.5. The summed E-state index contributed by atoms with van der Waals surface area (Å²) in [6.45, 7) is 6.22. The van der Waals surface area contributed by atoms with Gasteiger partial charge in [0.1, 0.15) is 0 Å². The maximum Gasteiger partial charge on any atom is 0.516 e. The molecule has 0 aliphatic carbocycles. The molecule has 0 fully saturated rings. The second-order valence-electron chi connectivity index (χ2n) is 7.38. The minimum atomic E-state index is -0.915. The van der Waals surface area contributed by atoms with Gasteiger partial charge in [-0.2, -0.15) is 0 Å². The highest BCUT2D eigenvalue weighted by Gasteiger charge is 2.11. The van der Waals surface area contributed by atoms with Gasteiger partial charge in [0.2, 0.25) is 0 Å². The first-order valence-electron chi connectivity index (χ1n) is 11.3. The molecule has 0 amide bonds. The van der Waals surface area contributed by atoms with Gasteiger partial charge in [-0.3, -0.25) is 4.79 Å². The van der Waals surface area contributed by atoms with E-state index >= 15 is 0 Å². The van der Waals surface area contributed by atoms with E-state index in [4.69, 9.17) is 4.74 Å². The van der Waals surface area contributed by atoms with Crippen LogP contribution in [0.1, 0.15) is 72.1 Å². The van der Waals surface area contributed by atoms with Gasteiger partial charge in [0.05, 0.1) is 6.61 Å². The molecule has 0 saturated heterocycles. The molecule has 0 radical (unpaired) electrons. The fraction of sp³-hybridized carbons (Fsp3) is 0.481. The number of hydrogen-bond donors (Lipinski definition) is 0. The minimum Gasteiger partial charge on any atom is -0.434 e. The van der Waals surface area contributed by atoms with E-state index in [9.17, 15) is 9.59 Å². The summed E-state index contributed by atoms with van der Waals surface area (Å²) < 4.78 is 9.37. The third-order valence-electron chi connectivity index (χ3n) is 3.84. The highest BCUT2D eigenvalue weighted by molar-refractivity contribution is 5.81. The Hall–Kier alpha value is -2.62. The van der Waals surface area contributed by atoms with Crippen molar-refractivity contribution in [2.45, 2.75) is 72.1 Å². The van der Waals surface area contributed by atoms with Crippen molar-refractivity contribution in [2.24, 2.45) is 5.92 Å². The smallest absolute Gasteiger partial charge is 0.434 e. The van der Waals surface area contributed by atoms with Crippen molar-refractivity contribution in [1.29, 1.82) is 0 Å². The molecule has 0 unspecified atom stereocenters. The van der Waals surface area contributed by atoms with Crippen molar-refractivity contribution in [3.63, 3.8) is 0 Å². The van der Waals surface area contributed by atoms with Crippen LogP contribution < -0.4 is 0 Å². The lowest BCUT2D eigenvalue weighted by molar-refractivity contribution is -0.139. The molecule has 0 aliphatic rings. The second-order valence-corrected chi connectivity index (χ2v) is 7.38. The predicted molar refractivity (Wildman–Crippen MR) is 130 cm³/mol. The van der Waals surface area contributed by atoms with Crippen molar-refractivity contribution >= 4 is 12.1 Å². The molecule has 172 valence electrons. The van der Waals surface area contributed by atoms with E-state index < -0.39 is 12.1 Å². The van der Waals surface area contributed by atoms with E-state index in [1.165, 1.54) is 0 Å². The van der Waals surface area contributed by atoms with Crippen LogP contribution in [0.4, 0.5) is 4.79 Å². The summed E-state index contributed by atoms with van der Waals surface area (Å²) in [7, 11) is 0. The van der Waals surface area contributed by atoms with E-state index in [2.05, 4.69) is 72.4 Å². The first-order valence-corrected chi connectivity index (χ1v) is 11.3. The zero-order valence-electron chi connectivity index (χ0n) is 19.5. The summed E-state index contributed by atoms with van der Waals surface area (Å²) in [6, 6.07) is 0. The molecular formula is C27H40O4. The molecule has 0 N–H and O–H groups in total. The summed E-state index contributed by atoms with van der Waals surface area (Å²) in [5.41, 5.74) is 0. The summed E-state index contributed by atoms with van der Waals surface area (Å²) >= 11 is 0. The van der Waals surface area contributed by atoms with E-state index in [0.717, 1.165) is 38.5 Å². The molecule has 4 nitrogen and oxygen atoms in total. The molecule has 0 spiro atoms. The van der Waals surface area contributed by atoms with Gasteiger partial charge in [-0.1, -0.05) is 93.7 Å². The molecule has 0 aromatic heterocycles. The first kappa shape index (κ1) is 28.4. The van der Waals surface area contributed by atoms with Gasteiger partial charge < -0.3 is 9.47 Å². The molecule has 0 bridgehead atoms.